The molecular formula is C13H21NO2. The van der Waals surface area contributed by atoms with Crippen LogP contribution in [0.1, 0.15) is 38.3 Å². The normalized spacial score (nSPS) is 11.8. The fraction of sp³-hybridized carbons (Fsp3) is 0.538. The monoisotopic (exact) mass is 223 g/mol. The molecule has 0 unspecified atom stereocenters. The van der Waals surface area contributed by atoms with Crippen LogP contribution in [0.4, 0.5) is 0 Å². The first-order chi connectivity index (χ1) is 7.51. The van der Waals surface area contributed by atoms with E-state index in [1.165, 1.54) is 5.56 Å². The number of hydroxylamine groups is 1. The van der Waals surface area contributed by atoms with Crippen LogP contribution in [-0.4, -0.2) is 12.2 Å². The van der Waals surface area contributed by atoms with E-state index in [2.05, 4.69) is 26.3 Å². The van der Waals surface area contributed by atoms with E-state index >= 15 is 0 Å². The molecule has 0 aliphatic rings. The van der Waals surface area contributed by atoms with Gasteiger partial charge >= 0.3 is 0 Å². The van der Waals surface area contributed by atoms with E-state index in [-0.39, 0.29) is 5.41 Å². The predicted octanol–water partition coefficient (Wildman–Crippen LogP) is 2.73. The summed E-state index contributed by atoms with van der Waals surface area (Å²) >= 11 is 0. The molecule has 0 saturated carbocycles. The number of aromatic hydroxyl groups is 1. The summed E-state index contributed by atoms with van der Waals surface area (Å²) < 4.78 is 0. The number of benzene rings is 1. The van der Waals surface area contributed by atoms with E-state index in [9.17, 15) is 5.11 Å². The molecule has 1 rings (SSSR count). The maximum atomic E-state index is 9.70. The summed E-state index contributed by atoms with van der Waals surface area (Å²) in [6.07, 6.45) is 1.06. The zero-order valence-corrected chi connectivity index (χ0v) is 10.5. The van der Waals surface area contributed by atoms with Gasteiger partial charge in [0, 0.05) is 12.1 Å². The van der Waals surface area contributed by atoms with Crippen molar-refractivity contribution in [2.45, 2.75) is 39.2 Å². The molecule has 2 N–H and O–H groups in total. The fourth-order valence-electron chi connectivity index (χ4n) is 1.50. The van der Waals surface area contributed by atoms with Crippen LogP contribution in [0.25, 0.3) is 0 Å². The van der Waals surface area contributed by atoms with Crippen molar-refractivity contribution in [3.05, 3.63) is 29.3 Å². The van der Waals surface area contributed by atoms with Crippen LogP contribution in [0.5, 0.6) is 5.75 Å². The Labute approximate surface area is 97.4 Å². The molecule has 16 heavy (non-hydrogen) atoms. The van der Waals surface area contributed by atoms with Crippen molar-refractivity contribution in [1.29, 1.82) is 0 Å². The highest BCUT2D eigenvalue weighted by atomic mass is 16.6. The highest BCUT2D eigenvalue weighted by molar-refractivity contribution is 5.38. The molecule has 3 heteroatoms. The summed E-state index contributed by atoms with van der Waals surface area (Å²) in [5.74, 6) is 0.306. The van der Waals surface area contributed by atoms with Crippen LogP contribution >= 0.6 is 0 Å². The fourth-order valence-corrected chi connectivity index (χ4v) is 1.50. The number of phenols is 1. The van der Waals surface area contributed by atoms with Crippen molar-refractivity contribution in [3.63, 3.8) is 0 Å². The molecule has 0 fully saturated rings. The van der Waals surface area contributed by atoms with Crippen LogP contribution in [0.3, 0.4) is 0 Å². The molecule has 0 spiro atoms. The van der Waals surface area contributed by atoms with Gasteiger partial charge < -0.3 is 9.94 Å². The number of rotatable bonds is 5. The summed E-state index contributed by atoms with van der Waals surface area (Å²) in [4.78, 5) is 4.79. The van der Waals surface area contributed by atoms with Gasteiger partial charge in [-0.15, -0.1) is 0 Å². The second-order valence-corrected chi connectivity index (χ2v) is 4.61. The Bertz CT molecular complexity index is 348. The van der Waals surface area contributed by atoms with Gasteiger partial charge in [-0.2, -0.15) is 5.48 Å². The van der Waals surface area contributed by atoms with Crippen LogP contribution in [0, 0.1) is 0 Å². The molecule has 0 saturated heterocycles. The minimum absolute atomic E-state index is 0.134. The lowest BCUT2D eigenvalue weighted by molar-refractivity contribution is 0.0861. The van der Waals surface area contributed by atoms with Gasteiger partial charge in [0.2, 0.25) is 0 Å². The first-order valence-corrected chi connectivity index (χ1v) is 5.59. The first kappa shape index (κ1) is 13.0. The highest BCUT2D eigenvalue weighted by Crippen LogP contribution is 2.30. The number of nitrogens with one attached hydrogen (secondary N) is 1. The predicted molar refractivity (Wildman–Crippen MR) is 65.3 cm³/mol. The van der Waals surface area contributed by atoms with E-state index in [4.69, 9.17) is 4.84 Å². The van der Waals surface area contributed by atoms with Gasteiger partial charge in [0.15, 0.2) is 0 Å². The Morgan fingerprint density at radius 1 is 1.38 bits per heavy atom. The molecule has 0 amide bonds. The molecule has 0 bridgehead atoms. The standard InChI is InChI=1S/C13H21NO2/c1-5-13(2,3)11-6-7-12(15)10(8-11)9-14-16-4/h6-8,14-15H,5,9H2,1-4H3. The van der Waals surface area contributed by atoms with Gasteiger partial charge in [-0.3, -0.25) is 0 Å². The molecule has 3 nitrogen and oxygen atoms in total. The van der Waals surface area contributed by atoms with E-state index in [0.717, 1.165) is 12.0 Å². The molecule has 0 aliphatic heterocycles. The summed E-state index contributed by atoms with van der Waals surface area (Å²) in [6.45, 7) is 7.08. The first-order valence-electron chi connectivity index (χ1n) is 5.59. The third-order valence-electron chi connectivity index (χ3n) is 3.15. The molecule has 1 aromatic rings. The Morgan fingerprint density at radius 2 is 2.06 bits per heavy atom. The second-order valence-electron chi connectivity index (χ2n) is 4.61. The summed E-state index contributed by atoms with van der Waals surface area (Å²) in [7, 11) is 1.57. The van der Waals surface area contributed by atoms with Gasteiger partial charge in [-0.25, -0.2) is 0 Å². The van der Waals surface area contributed by atoms with Crippen LogP contribution in [0.15, 0.2) is 18.2 Å². The van der Waals surface area contributed by atoms with Gasteiger partial charge in [-0.05, 0) is 23.5 Å². The van der Waals surface area contributed by atoms with Gasteiger partial charge in [0.05, 0.1) is 7.11 Å². The lowest BCUT2D eigenvalue weighted by atomic mass is 9.81. The molecule has 0 aromatic heterocycles. The van der Waals surface area contributed by atoms with Gasteiger partial charge in [0.25, 0.3) is 0 Å². The molecular weight excluding hydrogens is 202 g/mol. The molecule has 0 heterocycles. The number of hydrogen-bond donors (Lipinski definition) is 2. The second kappa shape index (κ2) is 5.32. The zero-order chi connectivity index (χ0) is 12.2. The third-order valence-corrected chi connectivity index (χ3v) is 3.15. The van der Waals surface area contributed by atoms with Crippen molar-refractivity contribution in [1.82, 2.24) is 5.48 Å². The van der Waals surface area contributed by atoms with E-state index < -0.39 is 0 Å². The maximum absolute atomic E-state index is 9.70. The molecule has 1 aromatic carbocycles. The Hall–Kier alpha value is -1.06. The molecule has 0 radical (unpaired) electrons. The van der Waals surface area contributed by atoms with Crippen molar-refractivity contribution in [2.75, 3.05) is 7.11 Å². The Kier molecular flexibility index (Phi) is 4.33. The minimum Gasteiger partial charge on any atom is -0.508 e. The highest BCUT2D eigenvalue weighted by Gasteiger charge is 2.19. The maximum Gasteiger partial charge on any atom is 0.120 e. The average Bonchev–Trinajstić information content (AvgIpc) is 2.27. The van der Waals surface area contributed by atoms with Crippen molar-refractivity contribution in [2.24, 2.45) is 0 Å². The molecule has 90 valence electrons. The van der Waals surface area contributed by atoms with E-state index in [0.29, 0.717) is 12.3 Å². The van der Waals surface area contributed by atoms with Gasteiger partial charge in [0.1, 0.15) is 5.75 Å². The summed E-state index contributed by atoms with van der Waals surface area (Å²) in [5.41, 5.74) is 4.98. The topological polar surface area (TPSA) is 41.5 Å². The lowest BCUT2D eigenvalue weighted by Crippen LogP contribution is -2.17. The number of phenolic OH excluding ortho intramolecular Hbond substituents is 1. The Balaban J connectivity index is 2.97. The van der Waals surface area contributed by atoms with Crippen molar-refractivity contribution in [3.8, 4) is 5.75 Å². The van der Waals surface area contributed by atoms with Crippen LogP contribution in [-0.2, 0) is 16.8 Å². The summed E-state index contributed by atoms with van der Waals surface area (Å²) in [6, 6.07) is 5.76. The lowest BCUT2D eigenvalue weighted by Gasteiger charge is -2.24. The SMILES string of the molecule is CCC(C)(C)c1ccc(O)c(CNOC)c1. The van der Waals surface area contributed by atoms with E-state index in [1.54, 1.807) is 13.2 Å². The number of hydrogen-bond acceptors (Lipinski definition) is 3. The smallest absolute Gasteiger partial charge is 0.120 e. The summed E-state index contributed by atoms with van der Waals surface area (Å²) in [5, 5.41) is 9.70. The van der Waals surface area contributed by atoms with Gasteiger partial charge in [-0.1, -0.05) is 32.9 Å². The van der Waals surface area contributed by atoms with Crippen molar-refractivity contribution >= 4 is 0 Å². The van der Waals surface area contributed by atoms with Crippen LogP contribution < -0.4 is 5.48 Å². The third kappa shape index (κ3) is 2.97. The van der Waals surface area contributed by atoms with Crippen molar-refractivity contribution < 1.29 is 9.94 Å². The Morgan fingerprint density at radius 3 is 2.62 bits per heavy atom. The minimum atomic E-state index is 0.134. The van der Waals surface area contributed by atoms with E-state index in [1.807, 2.05) is 12.1 Å². The molecule has 0 atom stereocenters. The van der Waals surface area contributed by atoms with Crippen LogP contribution in [0.2, 0.25) is 0 Å². The molecule has 0 aliphatic carbocycles. The largest absolute Gasteiger partial charge is 0.508 e. The zero-order valence-electron chi connectivity index (χ0n) is 10.5. The quantitative estimate of drug-likeness (QED) is 0.754. The average molecular weight is 223 g/mol.